The maximum absolute atomic E-state index is 12.4. The van der Waals surface area contributed by atoms with Gasteiger partial charge in [0.15, 0.2) is 0 Å². The Bertz CT molecular complexity index is 770. The summed E-state index contributed by atoms with van der Waals surface area (Å²) in [5, 5.41) is 9.33. The highest BCUT2D eigenvalue weighted by Gasteiger charge is 2.32. The molecule has 0 aromatic carbocycles. The van der Waals surface area contributed by atoms with E-state index in [9.17, 15) is 9.59 Å². The molecule has 7 heteroatoms. The fourth-order valence-electron chi connectivity index (χ4n) is 2.86. The van der Waals surface area contributed by atoms with Gasteiger partial charge in [0, 0.05) is 12.0 Å². The first-order valence-corrected chi connectivity index (χ1v) is 9.39. The van der Waals surface area contributed by atoms with E-state index in [0.717, 1.165) is 35.4 Å². The number of carbonyl (C=O) groups excluding carboxylic acids is 2. The molecule has 25 heavy (non-hydrogen) atoms. The van der Waals surface area contributed by atoms with Gasteiger partial charge in [-0.3, -0.25) is 4.79 Å². The third-order valence-corrected chi connectivity index (χ3v) is 5.27. The van der Waals surface area contributed by atoms with Crippen molar-refractivity contribution in [3.63, 3.8) is 0 Å². The molecule has 6 nitrogen and oxygen atoms in total. The zero-order valence-corrected chi connectivity index (χ0v) is 15.5. The number of carbonyl (C=O) groups is 2. The standard InChI is InChI=1S/C18H22N2O4S/c1-4-23-18(22)16-14(12-5-6-12)9-25-17(16)19-15(21)8-7-13-10(2)20-24-11(13)3/h9,12H,4-8H2,1-3H3,(H,19,21). The first kappa shape index (κ1) is 17.7. The van der Waals surface area contributed by atoms with E-state index in [4.69, 9.17) is 9.26 Å². The molecule has 0 aliphatic heterocycles. The minimum absolute atomic E-state index is 0.130. The number of esters is 1. The van der Waals surface area contributed by atoms with Gasteiger partial charge >= 0.3 is 5.97 Å². The average molecular weight is 362 g/mol. The van der Waals surface area contributed by atoms with Crippen LogP contribution in [0.25, 0.3) is 0 Å². The molecular formula is C18H22N2O4S. The number of rotatable bonds is 7. The maximum atomic E-state index is 12.4. The van der Waals surface area contributed by atoms with Gasteiger partial charge in [0.25, 0.3) is 0 Å². The van der Waals surface area contributed by atoms with Crippen LogP contribution in [-0.4, -0.2) is 23.6 Å². The summed E-state index contributed by atoms with van der Waals surface area (Å²) >= 11 is 1.39. The minimum atomic E-state index is -0.355. The van der Waals surface area contributed by atoms with Crippen molar-refractivity contribution in [1.82, 2.24) is 5.16 Å². The van der Waals surface area contributed by atoms with E-state index < -0.39 is 0 Å². The van der Waals surface area contributed by atoms with E-state index in [0.29, 0.717) is 35.9 Å². The van der Waals surface area contributed by atoms with Crippen LogP contribution in [-0.2, 0) is 16.0 Å². The molecule has 0 atom stereocenters. The van der Waals surface area contributed by atoms with Gasteiger partial charge in [-0.25, -0.2) is 4.79 Å². The number of thiophene rings is 1. The molecule has 1 saturated carbocycles. The molecule has 0 bridgehead atoms. The molecule has 2 aromatic rings. The van der Waals surface area contributed by atoms with Crippen molar-refractivity contribution in [3.8, 4) is 0 Å². The lowest BCUT2D eigenvalue weighted by Crippen LogP contribution is -2.15. The molecule has 1 amide bonds. The average Bonchev–Trinajstić information content (AvgIpc) is 3.26. The van der Waals surface area contributed by atoms with Crippen LogP contribution >= 0.6 is 11.3 Å². The summed E-state index contributed by atoms with van der Waals surface area (Å²) < 4.78 is 10.3. The SMILES string of the molecule is CCOC(=O)c1c(C2CC2)csc1NC(=O)CCc1c(C)noc1C. The highest BCUT2D eigenvalue weighted by molar-refractivity contribution is 7.15. The predicted molar refractivity (Wildman–Crippen MR) is 95.2 cm³/mol. The van der Waals surface area contributed by atoms with Crippen molar-refractivity contribution < 1.29 is 18.8 Å². The molecule has 0 spiro atoms. The largest absolute Gasteiger partial charge is 0.462 e. The number of anilines is 1. The van der Waals surface area contributed by atoms with Crippen molar-refractivity contribution in [3.05, 3.63) is 33.5 Å². The van der Waals surface area contributed by atoms with Crippen molar-refractivity contribution in [1.29, 1.82) is 0 Å². The van der Waals surface area contributed by atoms with Crippen LogP contribution in [0.5, 0.6) is 0 Å². The van der Waals surface area contributed by atoms with Crippen LogP contribution < -0.4 is 5.32 Å². The van der Waals surface area contributed by atoms with Crippen molar-refractivity contribution in [2.45, 2.75) is 52.4 Å². The van der Waals surface area contributed by atoms with Gasteiger partial charge in [0.2, 0.25) is 5.91 Å². The molecule has 2 aromatic heterocycles. The molecule has 1 fully saturated rings. The number of nitrogens with one attached hydrogen (secondary N) is 1. The van der Waals surface area contributed by atoms with Gasteiger partial charge in [-0.1, -0.05) is 5.16 Å². The maximum Gasteiger partial charge on any atom is 0.341 e. The van der Waals surface area contributed by atoms with Gasteiger partial charge < -0.3 is 14.6 Å². The van der Waals surface area contributed by atoms with Gasteiger partial charge in [-0.2, -0.15) is 0 Å². The van der Waals surface area contributed by atoms with Crippen LogP contribution in [0, 0.1) is 13.8 Å². The Hall–Kier alpha value is -2.15. The zero-order valence-electron chi connectivity index (χ0n) is 14.7. The third kappa shape index (κ3) is 3.92. The molecule has 1 aliphatic rings. The van der Waals surface area contributed by atoms with Gasteiger partial charge in [0.1, 0.15) is 10.8 Å². The summed E-state index contributed by atoms with van der Waals surface area (Å²) in [6.07, 6.45) is 3.04. The van der Waals surface area contributed by atoms with Gasteiger partial charge in [-0.05, 0) is 56.9 Å². The quantitative estimate of drug-likeness (QED) is 0.754. The zero-order chi connectivity index (χ0) is 18.0. The number of ether oxygens (including phenoxy) is 1. The summed E-state index contributed by atoms with van der Waals surface area (Å²) in [6, 6.07) is 0. The van der Waals surface area contributed by atoms with Crippen molar-refractivity contribution in [2.24, 2.45) is 0 Å². The van der Waals surface area contributed by atoms with E-state index in [2.05, 4.69) is 10.5 Å². The molecule has 2 heterocycles. The van der Waals surface area contributed by atoms with Crippen LogP contribution in [0.4, 0.5) is 5.00 Å². The Morgan fingerprint density at radius 3 is 2.76 bits per heavy atom. The Balaban J connectivity index is 1.69. The van der Waals surface area contributed by atoms with E-state index in [1.165, 1.54) is 11.3 Å². The Morgan fingerprint density at radius 1 is 1.40 bits per heavy atom. The van der Waals surface area contributed by atoms with E-state index in [1.54, 1.807) is 6.92 Å². The number of hydrogen-bond donors (Lipinski definition) is 1. The normalized spacial score (nSPS) is 13.7. The number of aromatic nitrogens is 1. The van der Waals surface area contributed by atoms with Crippen molar-refractivity contribution in [2.75, 3.05) is 11.9 Å². The van der Waals surface area contributed by atoms with E-state index >= 15 is 0 Å². The molecule has 3 rings (SSSR count). The molecule has 0 unspecified atom stereocenters. The smallest absolute Gasteiger partial charge is 0.341 e. The summed E-state index contributed by atoms with van der Waals surface area (Å²) in [5.74, 6) is 0.676. The Labute approximate surface area is 150 Å². The molecule has 0 radical (unpaired) electrons. The van der Waals surface area contributed by atoms with Gasteiger partial charge in [-0.15, -0.1) is 11.3 Å². The highest BCUT2D eigenvalue weighted by Crippen LogP contribution is 2.46. The third-order valence-electron chi connectivity index (χ3n) is 4.35. The van der Waals surface area contributed by atoms with Crippen molar-refractivity contribution >= 4 is 28.2 Å². The number of hydrogen-bond acceptors (Lipinski definition) is 6. The second-order valence-corrected chi connectivity index (χ2v) is 7.12. The molecule has 134 valence electrons. The number of amides is 1. The van der Waals surface area contributed by atoms with Crippen LogP contribution in [0.1, 0.15) is 65.0 Å². The molecule has 0 saturated heterocycles. The fraction of sp³-hybridized carbons (Fsp3) is 0.500. The predicted octanol–water partition coefficient (Wildman–Crippen LogP) is 3.98. The highest BCUT2D eigenvalue weighted by atomic mass is 32.1. The second-order valence-electron chi connectivity index (χ2n) is 6.24. The summed E-state index contributed by atoms with van der Waals surface area (Å²) in [7, 11) is 0. The monoisotopic (exact) mass is 362 g/mol. The first-order valence-electron chi connectivity index (χ1n) is 8.51. The number of aryl methyl sites for hydroxylation is 2. The molecule has 1 aliphatic carbocycles. The summed E-state index contributed by atoms with van der Waals surface area (Å²) in [6.45, 7) is 5.80. The van der Waals surface area contributed by atoms with Crippen LogP contribution in [0.15, 0.2) is 9.90 Å². The lowest BCUT2D eigenvalue weighted by molar-refractivity contribution is -0.116. The van der Waals surface area contributed by atoms with Gasteiger partial charge in [0.05, 0.1) is 17.9 Å². The molecular weight excluding hydrogens is 340 g/mol. The fourth-order valence-corrected chi connectivity index (χ4v) is 3.91. The molecule has 1 N–H and O–H groups in total. The van der Waals surface area contributed by atoms with E-state index in [1.807, 2.05) is 19.2 Å². The van der Waals surface area contributed by atoms with Crippen LogP contribution in [0.2, 0.25) is 0 Å². The Kier molecular flexibility index (Phi) is 5.22. The lowest BCUT2D eigenvalue weighted by Gasteiger charge is -2.08. The van der Waals surface area contributed by atoms with E-state index in [-0.39, 0.29) is 11.9 Å². The minimum Gasteiger partial charge on any atom is -0.462 e. The van der Waals surface area contributed by atoms with Crippen LogP contribution in [0.3, 0.4) is 0 Å². The lowest BCUT2D eigenvalue weighted by atomic mass is 10.1. The number of nitrogens with zero attached hydrogens (tertiary/aromatic N) is 1. The summed E-state index contributed by atoms with van der Waals surface area (Å²) in [4.78, 5) is 24.7. The topological polar surface area (TPSA) is 81.4 Å². The first-order chi connectivity index (χ1) is 12.0. The Morgan fingerprint density at radius 2 is 2.16 bits per heavy atom. The summed E-state index contributed by atoms with van der Waals surface area (Å²) in [5.41, 5.74) is 3.31. The second kappa shape index (κ2) is 7.39.